The molecule has 0 heterocycles. The predicted octanol–water partition coefficient (Wildman–Crippen LogP) is 4.69. The van der Waals surface area contributed by atoms with Crippen LogP contribution in [0, 0.1) is 6.92 Å². The van der Waals surface area contributed by atoms with E-state index >= 15 is 0 Å². The molecule has 106 valence electrons. The molecule has 1 atom stereocenters. The molecule has 2 heteroatoms. The molecule has 2 rings (SSSR count). The van der Waals surface area contributed by atoms with E-state index in [2.05, 4.69) is 83.6 Å². The Morgan fingerprint density at radius 1 is 1.00 bits per heavy atom. The highest BCUT2D eigenvalue weighted by molar-refractivity contribution is 9.10. The molecule has 2 aromatic carbocycles. The fourth-order valence-electron chi connectivity index (χ4n) is 2.37. The standard InChI is InChI=1S/C18H22BrN/c1-3-20-13-17(16-8-10-18(19)11-9-16)12-15-6-4-14(2)5-7-15/h4-11,17,20H,3,12-13H2,1-2H3. The van der Waals surface area contributed by atoms with Crippen molar-refractivity contribution in [3.63, 3.8) is 0 Å². The van der Waals surface area contributed by atoms with Gasteiger partial charge < -0.3 is 5.32 Å². The second-order valence-electron chi connectivity index (χ2n) is 5.25. The van der Waals surface area contributed by atoms with Crippen LogP contribution in [0.3, 0.4) is 0 Å². The Bertz CT molecular complexity index is 516. The summed E-state index contributed by atoms with van der Waals surface area (Å²) in [6, 6.07) is 17.6. The highest BCUT2D eigenvalue weighted by Gasteiger charge is 2.12. The number of hydrogen-bond acceptors (Lipinski definition) is 1. The lowest BCUT2D eigenvalue weighted by Crippen LogP contribution is -2.22. The number of benzene rings is 2. The number of nitrogens with one attached hydrogen (secondary N) is 1. The summed E-state index contributed by atoms with van der Waals surface area (Å²) in [6.45, 7) is 6.33. The summed E-state index contributed by atoms with van der Waals surface area (Å²) in [7, 11) is 0. The number of aryl methyl sites for hydroxylation is 1. The maximum Gasteiger partial charge on any atom is 0.0175 e. The molecule has 0 saturated heterocycles. The van der Waals surface area contributed by atoms with Gasteiger partial charge in [-0.05, 0) is 43.1 Å². The van der Waals surface area contributed by atoms with Crippen LogP contribution in [0.25, 0.3) is 0 Å². The molecule has 0 bridgehead atoms. The molecule has 2 aromatic rings. The van der Waals surface area contributed by atoms with Crippen LogP contribution < -0.4 is 5.32 Å². The van der Waals surface area contributed by atoms with Crippen molar-refractivity contribution in [2.75, 3.05) is 13.1 Å². The minimum Gasteiger partial charge on any atom is -0.316 e. The fourth-order valence-corrected chi connectivity index (χ4v) is 2.63. The normalized spacial score (nSPS) is 12.3. The molecule has 0 aromatic heterocycles. The molecule has 0 spiro atoms. The van der Waals surface area contributed by atoms with E-state index in [9.17, 15) is 0 Å². The van der Waals surface area contributed by atoms with Gasteiger partial charge >= 0.3 is 0 Å². The molecule has 1 nitrogen and oxygen atoms in total. The van der Waals surface area contributed by atoms with E-state index < -0.39 is 0 Å². The first-order valence-electron chi connectivity index (χ1n) is 7.20. The van der Waals surface area contributed by atoms with Crippen LogP contribution in [-0.2, 0) is 6.42 Å². The van der Waals surface area contributed by atoms with E-state index in [1.54, 1.807) is 0 Å². The zero-order chi connectivity index (χ0) is 14.4. The summed E-state index contributed by atoms with van der Waals surface area (Å²) in [5.74, 6) is 0.519. The summed E-state index contributed by atoms with van der Waals surface area (Å²) in [4.78, 5) is 0. The topological polar surface area (TPSA) is 12.0 Å². The van der Waals surface area contributed by atoms with Gasteiger partial charge in [0, 0.05) is 16.9 Å². The Labute approximate surface area is 130 Å². The summed E-state index contributed by atoms with van der Waals surface area (Å²) >= 11 is 3.51. The molecular formula is C18H22BrN. The van der Waals surface area contributed by atoms with Crippen molar-refractivity contribution in [1.82, 2.24) is 5.32 Å². The quantitative estimate of drug-likeness (QED) is 0.809. The van der Waals surface area contributed by atoms with Crippen LogP contribution in [0.2, 0.25) is 0 Å². The van der Waals surface area contributed by atoms with E-state index in [4.69, 9.17) is 0 Å². The van der Waals surface area contributed by atoms with Gasteiger partial charge in [-0.2, -0.15) is 0 Å². The van der Waals surface area contributed by atoms with Crippen LogP contribution in [0.5, 0.6) is 0 Å². The summed E-state index contributed by atoms with van der Waals surface area (Å²) in [5, 5.41) is 3.48. The van der Waals surface area contributed by atoms with E-state index in [1.165, 1.54) is 16.7 Å². The van der Waals surface area contributed by atoms with Gasteiger partial charge in [0.2, 0.25) is 0 Å². The van der Waals surface area contributed by atoms with Crippen LogP contribution in [-0.4, -0.2) is 13.1 Å². The first kappa shape index (κ1) is 15.3. The molecule has 20 heavy (non-hydrogen) atoms. The van der Waals surface area contributed by atoms with Crippen molar-refractivity contribution < 1.29 is 0 Å². The van der Waals surface area contributed by atoms with Gasteiger partial charge in [-0.1, -0.05) is 64.8 Å². The van der Waals surface area contributed by atoms with Crippen LogP contribution >= 0.6 is 15.9 Å². The van der Waals surface area contributed by atoms with Gasteiger partial charge in [0.1, 0.15) is 0 Å². The van der Waals surface area contributed by atoms with Gasteiger partial charge in [-0.15, -0.1) is 0 Å². The summed E-state index contributed by atoms with van der Waals surface area (Å²) < 4.78 is 1.14. The lowest BCUT2D eigenvalue weighted by Gasteiger charge is -2.18. The molecular weight excluding hydrogens is 310 g/mol. The van der Waals surface area contributed by atoms with E-state index in [0.29, 0.717) is 5.92 Å². The van der Waals surface area contributed by atoms with E-state index in [0.717, 1.165) is 24.0 Å². The molecule has 0 aliphatic carbocycles. The smallest absolute Gasteiger partial charge is 0.0175 e. The number of hydrogen-bond donors (Lipinski definition) is 1. The summed E-state index contributed by atoms with van der Waals surface area (Å²) in [5.41, 5.74) is 4.12. The van der Waals surface area contributed by atoms with E-state index in [-0.39, 0.29) is 0 Å². The van der Waals surface area contributed by atoms with E-state index in [1.807, 2.05) is 0 Å². The van der Waals surface area contributed by atoms with Gasteiger partial charge in [0.05, 0.1) is 0 Å². The second kappa shape index (κ2) is 7.61. The molecule has 0 aliphatic rings. The first-order chi connectivity index (χ1) is 9.69. The minimum absolute atomic E-state index is 0.519. The molecule has 0 amide bonds. The number of likely N-dealkylation sites (N-methyl/N-ethyl adjacent to an activating group) is 1. The van der Waals surface area contributed by atoms with Crippen molar-refractivity contribution >= 4 is 15.9 Å². The molecule has 0 aliphatic heterocycles. The average molecular weight is 332 g/mol. The van der Waals surface area contributed by atoms with Gasteiger partial charge in [-0.25, -0.2) is 0 Å². The monoisotopic (exact) mass is 331 g/mol. The van der Waals surface area contributed by atoms with Crippen molar-refractivity contribution in [3.8, 4) is 0 Å². The maximum atomic E-state index is 3.51. The maximum absolute atomic E-state index is 3.51. The Morgan fingerprint density at radius 3 is 2.25 bits per heavy atom. The predicted molar refractivity (Wildman–Crippen MR) is 90.3 cm³/mol. The van der Waals surface area contributed by atoms with Crippen LogP contribution in [0.4, 0.5) is 0 Å². The molecule has 0 radical (unpaired) electrons. The third-order valence-corrected chi connectivity index (χ3v) is 4.11. The molecule has 0 fully saturated rings. The third-order valence-electron chi connectivity index (χ3n) is 3.58. The van der Waals surface area contributed by atoms with Gasteiger partial charge in [-0.3, -0.25) is 0 Å². The van der Waals surface area contributed by atoms with Crippen molar-refractivity contribution in [3.05, 3.63) is 69.7 Å². The fraction of sp³-hybridized carbons (Fsp3) is 0.333. The third kappa shape index (κ3) is 4.46. The van der Waals surface area contributed by atoms with Crippen LogP contribution in [0.1, 0.15) is 29.5 Å². The Morgan fingerprint density at radius 2 is 1.65 bits per heavy atom. The Hall–Kier alpha value is -1.12. The molecule has 1 unspecified atom stereocenters. The zero-order valence-corrected chi connectivity index (χ0v) is 13.8. The van der Waals surface area contributed by atoms with Crippen LogP contribution in [0.15, 0.2) is 53.0 Å². The van der Waals surface area contributed by atoms with Crippen molar-refractivity contribution in [2.45, 2.75) is 26.2 Å². The second-order valence-corrected chi connectivity index (χ2v) is 6.16. The highest BCUT2D eigenvalue weighted by atomic mass is 79.9. The highest BCUT2D eigenvalue weighted by Crippen LogP contribution is 2.22. The summed E-state index contributed by atoms with van der Waals surface area (Å²) in [6.07, 6.45) is 1.08. The number of halogens is 1. The lowest BCUT2D eigenvalue weighted by atomic mass is 9.91. The zero-order valence-electron chi connectivity index (χ0n) is 12.2. The van der Waals surface area contributed by atoms with Gasteiger partial charge in [0.15, 0.2) is 0 Å². The van der Waals surface area contributed by atoms with Crippen molar-refractivity contribution in [2.24, 2.45) is 0 Å². The van der Waals surface area contributed by atoms with Gasteiger partial charge in [0.25, 0.3) is 0 Å². The van der Waals surface area contributed by atoms with Crippen molar-refractivity contribution in [1.29, 1.82) is 0 Å². The Balaban J connectivity index is 2.14. The number of rotatable bonds is 6. The lowest BCUT2D eigenvalue weighted by molar-refractivity contribution is 0.595. The first-order valence-corrected chi connectivity index (χ1v) is 8.00. The molecule has 1 N–H and O–H groups in total. The Kier molecular flexibility index (Phi) is 5.81. The molecule has 0 saturated carbocycles. The average Bonchev–Trinajstić information content (AvgIpc) is 2.46. The SMILES string of the molecule is CCNCC(Cc1ccc(C)cc1)c1ccc(Br)cc1. The largest absolute Gasteiger partial charge is 0.316 e. The minimum atomic E-state index is 0.519.